The van der Waals surface area contributed by atoms with Gasteiger partial charge in [-0.15, -0.1) is 0 Å². The number of aliphatic imine (C=N–C) groups is 1. The molecule has 5 nitrogen and oxygen atoms in total. The number of hydrogen-bond donors (Lipinski definition) is 1. The number of anilines is 1. The van der Waals surface area contributed by atoms with Gasteiger partial charge in [0.25, 0.3) is 0 Å². The fraction of sp³-hybridized carbons (Fsp3) is 0.269. The molecule has 0 saturated carbocycles. The van der Waals surface area contributed by atoms with Gasteiger partial charge in [-0.2, -0.15) is 5.26 Å². The topological polar surface area (TPSA) is 82.5 Å². The van der Waals surface area contributed by atoms with Gasteiger partial charge in [0.1, 0.15) is 5.84 Å². The van der Waals surface area contributed by atoms with Crippen LogP contribution in [0.1, 0.15) is 61.6 Å². The van der Waals surface area contributed by atoms with Crippen LogP contribution in [0.4, 0.5) is 5.69 Å². The van der Waals surface area contributed by atoms with Crippen LogP contribution in [0, 0.1) is 11.3 Å². The number of carbonyl (C=O) groups excluding carboxylic acids is 1. The van der Waals surface area contributed by atoms with E-state index in [9.17, 15) is 10.1 Å². The molecule has 2 heterocycles. The number of nitrogens with two attached hydrogens (primary N) is 1. The van der Waals surface area contributed by atoms with Crippen molar-refractivity contribution in [1.82, 2.24) is 0 Å². The molecule has 2 aromatic carbocycles. The average molecular weight is 409 g/mol. The van der Waals surface area contributed by atoms with Crippen LogP contribution >= 0.6 is 0 Å². The van der Waals surface area contributed by atoms with Crippen LogP contribution in [0.3, 0.4) is 0 Å². The molecule has 5 rings (SSSR count). The summed E-state index contributed by atoms with van der Waals surface area (Å²) >= 11 is 0. The standard InChI is InChI=1S/C26H24N4O/c1-15(2)16-10-12-17(13-11-16)23-19(14-27)26-29-25(28)18-6-3-4-7-20(18)30(26)21-8-5-9-22(31)24(21)23/h3-4,6-7,10-13,15,23H,5,8-9H2,1-2H3,(H2,28,29). The molecular weight excluding hydrogens is 384 g/mol. The molecule has 5 heteroatoms. The Balaban J connectivity index is 1.78. The zero-order chi connectivity index (χ0) is 21.7. The second-order valence-corrected chi connectivity index (χ2v) is 8.59. The summed E-state index contributed by atoms with van der Waals surface area (Å²) in [6.45, 7) is 4.30. The van der Waals surface area contributed by atoms with Gasteiger partial charge in [0.15, 0.2) is 11.6 Å². The van der Waals surface area contributed by atoms with E-state index in [4.69, 9.17) is 5.73 Å². The lowest BCUT2D eigenvalue weighted by Crippen LogP contribution is -2.39. The van der Waals surface area contributed by atoms with Crippen molar-refractivity contribution in [3.05, 3.63) is 87.9 Å². The third-order valence-corrected chi connectivity index (χ3v) is 6.43. The number of carbonyl (C=O) groups is 1. The maximum atomic E-state index is 13.2. The normalized spacial score (nSPS) is 20.2. The van der Waals surface area contributed by atoms with Crippen molar-refractivity contribution in [1.29, 1.82) is 5.26 Å². The van der Waals surface area contributed by atoms with Crippen LogP contribution in [0.2, 0.25) is 0 Å². The van der Waals surface area contributed by atoms with E-state index in [0.29, 0.717) is 29.6 Å². The number of Topliss-reactive ketones (excluding diaryl/α,β-unsaturated/α-hetero) is 1. The molecule has 2 aliphatic heterocycles. The lowest BCUT2D eigenvalue weighted by atomic mass is 9.75. The molecule has 2 aromatic rings. The molecule has 0 fully saturated rings. The quantitative estimate of drug-likeness (QED) is 0.768. The average Bonchev–Trinajstić information content (AvgIpc) is 2.78. The van der Waals surface area contributed by atoms with E-state index >= 15 is 0 Å². The Labute approximate surface area is 182 Å². The maximum absolute atomic E-state index is 13.2. The SMILES string of the molecule is CC(C)c1ccc(C2C(C#N)=C3N=C(N)c4ccccc4N3C3=C2C(=O)CCC3)cc1. The number of amidine groups is 1. The molecule has 3 aliphatic rings. The van der Waals surface area contributed by atoms with Crippen molar-refractivity contribution in [3.8, 4) is 6.07 Å². The van der Waals surface area contributed by atoms with Crippen LogP contribution in [-0.4, -0.2) is 11.6 Å². The van der Waals surface area contributed by atoms with Gasteiger partial charge in [0.2, 0.25) is 0 Å². The zero-order valence-electron chi connectivity index (χ0n) is 17.7. The van der Waals surface area contributed by atoms with E-state index in [1.165, 1.54) is 5.56 Å². The highest BCUT2D eigenvalue weighted by Gasteiger charge is 2.42. The summed E-state index contributed by atoms with van der Waals surface area (Å²) in [6.07, 6.45) is 2.08. The number of benzene rings is 2. The summed E-state index contributed by atoms with van der Waals surface area (Å²) in [5.74, 6) is 1.06. The summed E-state index contributed by atoms with van der Waals surface area (Å²) < 4.78 is 0. The number of ketones is 1. The summed E-state index contributed by atoms with van der Waals surface area (Å²) in [5.41, 5.74) is 12.3. The van der Waals surface area contributed by atoms with E-state index in [1.807, 2.05) is 41.3 Å². The summed E-state index contributed by atoms with van der Waals surface area (Å²) in [4.78, 5) is 19.9. The number of allylic oxidation sites excluding steroid dienone is 3. The second-order valence-electron chi connectivity index (χ2n) is 8.59. The van der Waals surface area contributed by atoms with Crippen LogP contribution in [0.5, 0.6) is 0 Å². The number of rotatable bonds is 2. The van der Waals surface area contributed by atoms with Gasteiger partial charge in [-0.05, 0) is 42.0 Å². The lowest BCUT2D eigenvalue weighted by Gasteiger charge is -2.41. The minimum atomic E-state index is -0.415. The van der Waals surface area contributed by atoms with E-state index in [0.717, 1.165) is 40.9 Å². The third kappa shape index (κ3) is 2.90. The Bertz CT molecular complexity index is 1220. The van der Waals surface area contributed by atoms with Crippen LogP contribution < -0.4 is 10.6 Å². The van der Waals surface area contributed by atoms with Crippen LogP contribution in [-0.2, 0) is 4.79 Å². The van der Waals surface area contributed by atoms with Gasteiger partial charge in [0.05, 0.1) is 23.2 Å². The predicted octanol–water partition coefficient (Wildman–Crippen LogP) is 4.87. The van der Waals surface area contributed by atoms with Crippen molar-refractivity contribution in [2.24, 2.45) is 10.7 Å². The Kier molecular flexibility index (Phi) is 4.51. The van der Waals surface area contributed by atoms with Crippen molar-refractivity contribution in [3.63, 3.8) is 0 Å². The molecule has 0 bridgehead atoms. The molecule has 1 atom stereocenters. The first-order valence-corrected chi connectivity index (χ1v) is 10.7. The molecule has 0 amide bonds. The van der Waals surface area contributed by atoms with Gasteiger partial charge in [-0.25, -0.2) is 4.99 Å². The molecule has 0 saturated heterocycles. The highest BCUT2D eigenvalue weighted by Crippen LogP contribution is 2.49. The summed E-state index contributed by atoms with van der Waals surface area (Å²) in [6, 6.07) is 18.4. The molecule has 154 valence electrons. The first-order valence-electron chi connectivity index (χ1n) is 10.7. The molecule has 0 radical (unpaired) electrons. The third-order valence-electron chi connectivity index (χ3n) is 6.43. The summed E-state index contributed by atoms with van der Waals surface area (Å²) in [5, 5.41) is 10.2. The molecule has 31 heavy (non-hydrogen) atoms. The molecule has 2 N–H and O–H groups in total. The molecule has 1 unspecified atom stereocenters. The Morgan fingerprint density at radius 2 is 1.87 bits per heavy atom. The minimum absolute atomic E-state index is 0.117. The largest absolute Gasteiger partial charge is 0.383 e. The van der Waals surface area contributed by atoms with Gasteiger partial charge >= 0.3 is 0 Å². The lowest BCUT2D eigenvalue weighted by molar-refractivity contribution is -0.116. The number of fused-ring (bicyclic) bond motifs is 4. The van der Waals surface area contributed by atoms with Gasteiger partial charge in [0, 0.05) is 23.3 Å². The van der Waals surface area contributed by atoms with Crippen molar-refractivity contribution < 1.29 is 4.79 Å². The highest BCUT2D eigenvalue weighted by atomic mass is 16.1. The van der Waals surface area contributed by atoms with E-state index in [1.54, 1.807) is 0 Å². The molecule has 1 aliphatic carbocycles. The van der Waals surface area contributed by atoms with Gasteiger partial charge in [-0.1, -0.05) is 50.2 Å². The maximum Gasteiger partial charge on any atom is 0.161 e. The minimum Gasteiger partial charge on any atom is -0.383 e. The number of hydrogen-bond acceptors (Lipinski definition) is 5. The van der Waals surface area contributed by atoms with E-state index in [2.05, 4.69) is 37.0 Å². The van der Waals surface area contributed by atoms with Crippen LogP contribution in [0.25, 0.3) is 0 Å². The van der Waals surface area contributed by atoms with Crippen molar-refractivity contribution in [2.75, 3.05) is 4.90 Å². The zero-order valence-corrected chi connectivity index (χ0v) is 17.7. The monoisotopic (exact) mass is 408 g/mol. The summed E-state index contributed by atoms with van der Waals surface area (Å²) in [7, 11) is 0. The van der Waals surface area contributed by atoms with Crippen molar-refractivity contribution >= 4 is 17.3 Å². The Morgan fingerprint density at radius 1 is 1.13 bits per heavy atom. The molecule has 0 aromatic heterocycles. The fourth-order valence-corrected chi connectivity index (χ4v) is 4.88. The highest BCUT2D eigenvalue weighted by molar-refractivity contribution is 6.08. The van der Waals surface area contributed by atoms with Crippen molar-refractivity contribution in [2.45, 2.75) is 44.9 Å². The number of nitrogens with zero attached hydrogens (tertiary/aromatic N) is 3. The number of para-hydroxylation sites is 1. The fourth-order valence-electron chi connectivity index (χ4n) is 4.88. The molecular formula is C26H24N4O. The predicted molar refractivity (Wildman–Crippen MR) is 121 cm³/mol. The van der Waals surface area contributed by atoms with Gasteiger partial charge < -0.3 is 5.73 Å². The van der Waals surface area contributed by atoms with Crippen LogP contribution in [0.15, 0.2) is 76.2 Å². The van der Waals surface area contributed by atoms with E-state index < -0.39 is 5.92 Å². The first kappa shape index (κ1) is 19.3. The Morgan fingerprint density at radius 3 is 2.58 bits per heavy atom. The molecule has 0 spiro atoms. The smallest absolute Gasteiger partial charge is 0.161 e. The number of nitriles is 1. The second kappa shape index (κ2) is 7.24. The first-order chi connectivity index (χ1) is 15.0. The van der Waals surface area contributed by atoms with Gasteiger partial charge in [-0.3, -0.25) is 9.69 Å². The Hall–Kier alpha value is -3.65. The van der Waals surface area contributed by atoms with E-state index in [-0.39, 0.29) is 5.78 Å².